The van der Waals surface area contributed by atoms with Gasteiger partial charge in [-0.1, -0.05) is 34.6 Å². The van der Waals surface area contributed by atoms with Gasteiger partial charge in [0.05, 0.1) is 51.8 Å². The van der Waals surface area contributed by atoms with Crippen molar-refractivity contribution < 1.29 is 18.9 Å². The molecular weight excluding hydrogens is 440 g/mol. The molecule has 0 unspecified atom stereocenters. The van der Waals surface area contributed by atoms with Crippen LogP contribution in [-0.4, -0.2) is 75.0 Å². The van der Waals surface area contributed by atoms with Crippen molar-refractivity contribution in [3.05, 3.63) is 0 Å². The van der Waals surface area contributed by atoms with Crippen LogP contribution in [0.15, 0.2) is 0 Å². The second kappa shape index (κ2) is 13.0. The van der Waals surface area contributed by atoms with E-state index in [2.05, 4.69) is 79.9 Å². The summed E-state index contributed by atoms with van der Waals surface area (Å²) in [5.41, 5.74) is 0.574. The lowest BCUT2D eigenvalue weighted by Crippen LogP contribution is -2.55. The minimum absolute atomic E-state index is 0.0653. The molecule has 0 radical (unpaired) electrons. The summed E-state index contributed by atoms with van der Waals surface area (Å²) < 4.78 is 23.7. The Balaban J connectivity index is 1.50. The van der Waals surface area contributed by atoms with Crippen LogP contribution >= 0.6 is 0 Å². The molecule has 0 spiro atoms. The molecule has 0 heterocycles. The summed E-state index contributed by atoms with van der Waals surface area (Å²) in [6.45, 7) is 26.7. The minimum Gasteiger partial charge on any atom is -0.379 e. The molecule has 0 aromatic heterocycles. The first-order valence-electron chi connectivity index (χ1n) is 14.0. The first-order valence-corrected chi connectivity index (χ1v) is 14.0. The molecule has 35 heavy (non-hydrogen) atoms. The van der Waals surface area contributed by atoms with Gasteiger partial charge in [0.1, 0.15) is 0 Å². The maximum atomic E-state index is 6.02. The van der Waals surface area contributed by atoms with E-state index in [0.717, 1.165) is 45.3 Å². The lowest BCUT2D eigenvalue weighted by atomic mass is 9.78. The predicted molar refractivity (Wildman–Crippen MR) is 145 cm³/mol. The Morgan fingerprint density at radius 2 is 1.06 bits per heavy atom. The van der Waals surface area contributed by atoms with Crippen molar-refractivity contribution in [2.45, 2.75) is 137 Å². The molecular formula is C29H58N2O4. The molecule has 2 aliphatic rings. The molecule has 2 rings (SSSR count). The highest BCUT2D eigenvalue weighted by atomic mass is 16.5. The summed E-state index contributed by atoms with van der Waals surface area (Å²) >= 11 is 0. The van der Waals surface area contributed by atoms with Gasteiger partial charge in [-0.15, -0.1) is 0 Å². The van der Waals surface area contributed by atoms with Crippen molar-refractivity contribution in [3.63, 3.8) is 0 Å². The van der Waals surface area contributed by atoms with Crippen LogP contribution in [0.3, 0.4) is 0 Å². The molecule has 0 saturated heterocycles. The van der Waals surface area contributed by atoms with Gasteiger partial charge in [0, 0.05) is 23.2 Å². The quantitative estimate of drug-likeness (QED) is 0.280. The Labute approximate surface area is 216 Å². The summed E-state index contributed by atoms with van der Waals surface area (Å²) in [4.78, 5) is 0. The van der Waals surface area contributed by atoms with Gasteiger partial charge in [-0.05, 0) is 77.6 Å². The molecule has 6 nitrogen and oxygen atoms in total. The topological polar surface area (TPSA) is 61.0 Å². The van der Waals surface area contributed by atoms with Crippen LogP contribution in [-0.2, 0) is 18.9 Å². The number of ether oxygens (including phenoxy) is 4. The number of hydrogen-bond donors (Lipinski definition) is 2. The Morgan fingerprint density at radius 3 is 1.51 bits per heavy atom. The Hall–Kier alpha value is -0.240. The molecule has 0 amide bonds. The molecule has 0 aliphatic heterocycles. The van der Waals surface area contributed by atoms with Crippen LogP contribution in [0, 0.1) is 10.8 Å². The van der Waals surface area contributed by atoms with E-state index in [1.807, 2.05) is 0 Å². The van der Waals surface area contributed by atoms with Gasteiger partial charge in [0.2, 0.25) is 0 Å². The summed E-state index contributed by atoms with van der Waals surface area (Å²) in [5.74, 6) is 0. The van der Waals surface area contributed by atoms with Crippen LogP contribution in [0.4, 0.5) is 0 Å². The Bertz CT molecular complexity index is 597. The van der Waals surface area contributed by atoms with E-state index in [1.165, 1.54) is 0 Å². The van der Waals surface area contributed by atoms with Crippen LogP contribution in [0.1, 0.15) is 101 Å². The second-order valence-electron chi connectivity index (χ2n) is 14.8. The Kier molecular flexibility index (Phi) is 11.5. The van der Waals surface area contributed by atoms with E-state index in [1.54, 1.807) is 0 Å². The van der Waals surface area contributed by atoms with Crippen molar-refractivity contribution in [1.82, 2.24) is 10.6 Å². The summed E-state index contributed by atoms with van der Waals surface area (Å²) in [7, 11) is 0. The van der Waals surface area contributed by atoms with Gasteiger partial charge in [0.25, 0.3) is 0 Å². The van der Waals surface area contributed by atoms with Crippen LogP contribution < -0.4 is 10.6 Å². The average molecular weight is 499 g/mol. The van der Waals surface area contributed by atoms with Crippen molar-refractivity contribution >= 4 is 0 Å². The minimum atomic E-state index is 0.0653. The molecule has 0 bridgehead atoms. The van der Waals surface area contributed by atoms with Gasteiger partial charge in [0.15, 0.2) is 0 Å². The van der Waals surface area contributed by atoms with Crippen molar-refractivity contribution in [1.29, 1.82) is 0 Å². The van der Waals surface area contributed by atoms with Gasteiger partial charge in [-0.25, -0.2) is 0 Å². The van der Waals surface area contributed by atoms with Crippen LogP contribution in [0.25, 0.3) is 0 Å². The van der Waals surface area contributed by atoms with Gasteiger partial charge in [-0.2, -0.15) is 0 Å². The molecule has 6 heteroatoms. The van der Waals surface area contributed by atoms with E-state index >= 15 is 0 Å². The standard InChI is InChI=1S/C29H58N2O4/c1-26(2,3)20-32-11-13-34-25-17-23(18-25)31-29(9,10)19-28(7,8)21-33-12-14-35-24-15-22(16-24)30-27(4,5)6/h22-25,30-31H,11-21H2,1-10H3. The number of nitrogens with one attached hydrogen (secondary N) is 2. The van der Waals surface area contributed by atoms with E-state index in [4.69, 9.17) is 18.9 Å². The van der Waals surface area contributed by atoms with Crippen molar-refractivity contribution in [2.75, 3.05) is 39.6 Å². The average Bonchev–Trinajstić information content (AvgIpc) is 2.59. The highest BCUT2D eigenvalue weighted by Crippen LogP contribution is 2.32. The molecule has 2 saturated carbocycles. The highest BCUT2D eigenvalue weighted by Gasteiger charge is 2.36. The Morgan fingerprint density at radius 1 is 0.600 bits per heavy atom. The van der Waals surface area contributed by atoms with E-state index in [9.17, 15) is 0 Å². The maximum Gasteiger partial charge on any atom is 0.0704 e. The molecule has 208 valence electrons. The van der Waals surface area contributed by atoms with Crippen LogP contribution in [0.5, 0.6) is 0 Å². The first kappa shape index (κ1) is 31.0. The van der Waals surface area contributed by atoms with Crippen molar-refractivity contribution in [2.24, 2.45) is 10.8 Å². The lowest BCUT2D eigenvalue weighted by Gasteiger charge is -2.43. The zero-order valence-electron chi connectivity index (χ0n) is 24.7. The summed E-state index contributed by atoms with van der Waals surface area (Å²) in [6, 6.07) is 1.13. The van der Waals surface area contributed by atoms with Crippen molar-refractivity contribution in [3.8, 4) is 0 Å². The zero-order chi connectivity index (χ0) is 26.3. The molecule has 0 aromatic carbocycles. The molecule has 0 aromatic rings. The van der Waals surface area contributed by atoms with Gasteiger partial charge in [-0.3, -0.25) is 0 Å². The third kappa shape index (κ3) is 13.8. The maximum absolute atomic E-state index is 6.02. The number of hydrogen-bond acceptors (Lipinski definition) is 6. The molecule has 2 N–H and O–H groups in total. The van der Waals surface area contributed by atoms with E-state index < -0.39 is 0 Å². The van der Waals surface area contributed by atoms with Crippen LogP contribution in [0.2, 0.25) is 0 Å². The highest BCUT2D eigenvalue weighted by molar-refractivity contribution is 4.94. The third-order valence-corrected chi connectivity index (χ3v) is 6.53. The molecule has 2 aliphatic carbocycles. The second-order valence-corrected chi connectivity index (χ2v) is 14.8. The summed E-state index contributed by atoms with van der Waals surface area (Å²) in [6.07, 6.45) is 6.22. The zero-order valence-corrected chi connectivity index (χ0v) is 24.7. The lowest BCUT2D eigenvalue weighted by molar-refractivity contribution is -0.0595. The largest absolute Gasteiger partial charge is 0.379 e. The van der Waals surface area contributed by atoms with Gasteiger partial charge >= 0.3 is 0 Å². The fraction of sp³-hybridized carbons (Fsp3) is 1.00. The monoisotopic (exact) mass is 498 g/mol. The third-order valence-electron chi connectivity index (χ3n) is 6.53. The molecule has 0 atom stereocenters. The molecule has 2 fully saturated rings. The first-order chi connectivity index (χ1) is 16.0. The predicted octanol–water partition coefficient (Wildman–Crippen LogP) is 5.33. The SMILES string of the molecule is CC(C)(C)COCCOC1CC(NC(C)(C)CC(C)(C)COCCOC2CC(NC(C)(C)C)C2)C1. The normalized spacial score (nSPS) is 25.9. The van der Waals surface area contributed by atoms with E-state index in [-0.39, 0.29) is 21.9 Å². The number of rotatable bonds is 16. The smallest absolute Gasteiger partial charge is 0.0704 e. The van der Waals surface area contributed by atoms with Gasteiger partial charge < -0.3 is 29.6 Å². The fourth-order valence-corrected chi connectivity index (χ4v) is 5.38. The fourth-order valence-electron chi connectivity index (χ4n) is 5.38. The summed E-state index contributed by atoms with van der Waals surface area (Å²) in [5, 5.41) is 7.50. The van der Waals surface area contributed by atoms with E-state index in [0.29, 0.717) is 50.7 Å².